The quantitative estimate of drug-likeness (QED) is 0.540. The summed E-state index contributed by atoms with van der Waals surface area (Å²) in [4.78, 5) is 5.71. The normalized spacial score (nSPS) is 12.7. The van der Waals surface area contributed by atoms with E-state index in [-0.39, 0.29) is 5.92 Å². The van der Waals surface area contributed by atoms with Gasteiger partial charge >= 0.3 is 0 Å². The minimum absolute atomic E-state index is 0.257. The molecule has 6 heteroatoms. The third kappa shape index (κ3) is 6.12. The molecule has 2 aromatic rings. The van der Waals surface area contributed by atoms with Gasteiger partial charge in [-0.25, -0.2) is 0 Å². The molecule has 1 aromatic carbocycles. The average molecular weight is 347 g/mol. The van der Waals surface area contributed by atoms with Gasteiger partial charge in [-0.2, -0.15) is 0 Å². The van der Waals surface area contributed by atoms with E-state index in [1.165, 1.54) is 4.88 Å². The maximum absolute atomic E-state index is 5.90. The van der Waals surface area contributed by atoms with E-state index in [9.17, 15) is 0 Å². The topological polar surface area (TPSA) is 68.9 Å². The summed E-state index contributed by atoms with van der Waals surface area (Å²) in [7, 11) is 1.64. The van der Waals surface area contributed by atoms with Crippen LogP contribution >= 0.6 is 11.3 Å². The zero-order valence-corrected chi connectivity index (χ0v) is 15.0. The van der Waals surface area contributed by atoms with Crippen molar-refractivity contribution < 1.29 is 9.47 Å². The largest absolute Gasteiger partial charge is 0.493 e. The second-order valence-electron chi connectivity index (χ2n) is 5.55. The van der Waals surface area contributed by atoms with Crippen molar-refractivity contribution in [1.82, 2.24) is 5.32 Å². The van der Waals surface area contributed by atoms with Crippen LogP contribution in [0.3, 0.4) is 0 Å². The Morgan fingerprint density at radius 2 is 2.04 bits per heavy atom. The zero-order chi connectivity index (χ0) is 17.2. The van der Waals surface area contributed by atoms with Crippen LogP contribution in [0.25, 0.3) is 0 Å². The Bertz CT molecular complexity index is 629. The van der Waals surface area contributed by atoms with Gasteiger partial charge in [0, 0.05) is 23.9 Å². The molecule has 0 aliphatic carbocycles. The van der Waals surface area contributed by atoms with E-state index in [1.807, 2.05) is 24.3 Å². The van der Waals surface area contributed by atoms with Crippen molar-refractivity contribution in [2.45, 2.75) is 13.3 Å². The van der Waals surface area contributed by atoms with Gasteiger partial charge in [-0.15, -0.1) is 11.3 Å². The number of rotatable bonds is 9. The molecule has 130 valence electrons. The zero-order valence-electron chi connectivity index (χ0n) is 14.2. The third-order valence-corrected chi connectivity index (χ3v) is 4.36. The van der Waals surface area contributed by atoms with E-state index in [2.05, 4.69) is 34.7 Å². The highest BCUT2D eigenvalue weighted by molar-refractivity contribution is 7.09. The van der Waals surface area contributed by atoms with Gasteiger partial charge in [-0.3, -0.25) is 4.99 Å². The first-order chi connectivity index (χ1) is 11.7. The first-order valence-electron chi connectivity index (χ1n) is 8.01. The smallest absolute Gasteiger partial charge is 0.188 e. The van der Waals surface area contributed by atoms with Crippen LogP contribution in [0, 0.1) is 5.92 Å². The van der Waals surface area contributed by atoms with Gasteiger partial charge in [-0.1, -0.05) is 25.1 Å². The van der Waals surface area contributed by atoms with E-state index in [0.29, 0.717) is 19.1 Å². The SMILES string of the molecule is COc1ccccc1OCC(C)CN=C(N)NCCc1cccs1. The summed E-state index contributed by atoms with van der Waals surface area (Å²) in [6.45, 7) is 4.05. The van der Waals surface area contributed by atoms with Gasteiger partial charge in [0.25, 0.3) is 0 Å². The molecule has 1 heterocycles. The number of para-hydroxylation sites is 2. The van der Waals surface area contributed by atoms with E-state index in [0.717, 1.165) is 24.5 Å². The van der Waals surface area contributed by atoms with Crippen LogP contribution in [0.1, 0.15) is 11.8 Å². The number of hydrogen-bond donors (Lipinski definition) is 2. The van der Waals surface area contributed by atoms with Crippen molar-refractivity contribution in [1.29, 1.82) is 0 Å². The van der Waals surface area contributed by atoms with Gasteiger partial charge < -0.3 is 20.5 Å². The lowest BCUT2D eigenvalue weighted by Crippen LogP contribution is -2.33. The molecule has 1 unspecified atom stereocenters. The number of methoxy groups -OCH3 is 1. The maximum Gasteiger partial charge on any atom is 0.188 e. The molecule has 3 N–H and O–H groups in total. The monoisotopic (exact) mass is 347 g/mol. The molecule has 0 spiro atoms. The van der Waals surface area contributed by atoms with Crippen molar-refractivity contribution >= 4 is 17.3 Å². The summed E-state index contributed by atoms with van der Waals surface area (Å²) in [5.74, 6) is 2.23. The van der Waals surface area contributed by atoms with Crippen LogP contribution in [0.4, 0.5) is 0 Å². The van der Waals surface area contributed by atoms with E-state index >= 15 is 0 Å². The lowest BCUT2D eigenvalue weighted by molar-refractivity contribution is 0.251. The van der Waals surface area contributed by atoms with Gasteiger partial charge in [0.05, 0.1) is 13.7 Å². The van der Waals surface area contributed by atoms with Crippen molar-refractivity contribution in [3.8, 4) is 11.5 Å². The van der Waals surface area contributed by atoms with Gasteiger partial charge in [0.15, 0.2) is 17.5 Å². The molecular weight excluding hydrogens is 322 g/mol. The van der Waals surface area contributed by atoms with Crippen LogP contribution in [-0.2, 0) is 6.42 Å². The first kappa shape index (κ1) is 18.1. The third-order valence-electron chi connectivity index (χ3n) is 3.42. The highest BCUT2D eigenvalue weighted by Crippen LogP contribution is 2.26. The highest BCUT2D eigenvalue weighted by atomic mass is 32.1. The van der Waals surface area contributed by atoms with Gasteiger partial charge in [-0.05, 0) is 30.0 Å². The molecule has 0 aliphatic rings. The molecule has 1 atom stereocenters. The van der Waals surface area contributed by atoms with Gasteiger partial charge in [0.2, 0.25) is 0 Å². The minimum Gasteiger partial charge on any atom is -0.493 e. The van der Waals surface area contributed by atoms with Crippen molar-refractivity contribution in [2.24, 2.45) is 16.6 Å². The van der Waals surface area contributed by atoms with E-state index < -0.39 is 0 Å². The number of thiophene rings is 1. The number of aliphatic imine (C=N–C) groups is 1. The predicted octanol–water partition coefficient (Wildman–Crippen LogP) is 2.92. The standard InChI is InChI=1S/C18H25N3O2S/c1-14(13-23-17-8-4-3-7-16(17)22-2)12-21-18(19)20-10-9-15-6-5-11-24-15/h3-8,11,14H,9-10,12-13H2,1-2H3,(H3,19,20,21). The Morgan fingerprint density at radius 3 is 2.75 bits per heavy atom. The number of guanidine groups is 1. The van der Waals surface area contributed by atoms with Crippen LogP contribution < -0.4 is 20.5 Å². The van der Waals surface area contributed by atoms with Crippen molar-refractivity contribution in [2.75, 3.05) is 26.8 Å². The summed E-state index contributed by atoms with van der Waals surface area (Å²) in [5.41, 5.74) is 5.90. The van der Waals surface area contributed by atoms with Crippen LogP contribution in [0.15, 0.2) is 46.8 Å². The molecule has 5 nitrogen and oxygen atoms in total. The maximum atomic E-state index is 5.90. The fourth-order valence-corrected chi connectivity index (χ4v) is 2.81. The van der Waals surface area contributed by atoms with E-state index in [1.54, 1.807) is 18.4 Å². The van der Waals surface area contributed by atoms with Gasteiger partial charge in [0.1, 0.15) is 0 Å². The molecular formula is C18H25N3O2S. The van der Waals surface area contributed by atoms with Crippen LogP contribution in [0.2, 0.25) is 0 Å². The number of nitrogens with zero attached hydrogens (tertiary/aromatic N) is 1. The molecule has 0 saturated carbocycles. The number of nitrogens with one attached hydrogen (secondary N) is 1. The molecule has 2 rings (SSSR count). The Labute approximate surface area is 147 Å². The van der Waals surface area contributed by atoms with Crippen molar-refractivity contribution in [3.63, 3.8) is 0 Å². The van der Waals surface area contributed by atoms with Crippen LogP contribution in [0.5, 0.6) is 11.5 Å². The molecule has 0 radical (unpaired) electrons. The molecule has 0 amide bonds. The van der Waals surface area contributed by atoms with Crippen LogP contribution in [-0.4, -0.2) is 32.8 Å². The summed E-state index contributed by atoms with van der Waals surface area (Å²) in [6, 6.07) is 11.8. The Morgan fingerprint density at radius 1 is 1.25 bits per heavy atom. The summed E-state index contributed by atoms with van der Waals surface area (Å²) >= 11 is 1.75. The average Bonchev–Trinajstić information content (AvgIpc) is 3.11. The Balaban J connectivity index is 1.68. The number of benzene rings is 1. The second-order valence-corrected chi connectivity index (χ2v) is 6.58. The molecule has 0 bridgehead atoms. The molecule has 0 fully saturated rings. The number of hydrogen-bond acceptors (Lipinski definition) is 4. The van der Waals surface area contributed by atoms with E-state index in [4.69, 9.17) is 15.2 Å². The Kier molecular flexibility index (Phi) is 7.42. The molecule has 0 aliphatic heterocycles. The summed E-state index contributed by atoms with van der Waals surface area (Å²) < 4.78 is 11.1. The molecule has 1 aromatic heterocycles. The highest BCUT2D eigenvalue weighted by Gasteiger charge is 2.06. The first-order valence-corrected chi connectivity index (χ1v) is 8.89. The number of ether oxygens (including phenoxy) is 2. The summed E-state index contributed by atoms with van der Waals surface area (Å²) in [5, 5.41) is 5.22. The summed E-state index contributed by atoms with van der Waals surface area (Å²) in [6.07, 6.45) is 0.959. The fraction of sp³-hybridized carbons (Fsp3) is 0.389. The Hall–Kier alpha value is -2.21. The molecule has 24 heavy (non-hydrogen) atoms. The minimum atomic E-state index is 0.257. The lowest BCUT2D eigenvalue weighted by atomic mass is 10.2. The second kappa shape index (κ2) is 9.82. The fourth-order valence-electron chi connectivity index (χ4n) is 2.10. The lowest BCUT2D eigenvalue weighted by Gasteiger charge is -2.14. The number of nitrogens with two attached hydrogens (primary N) is 1. The predicted molar refractivity (Wildman–Crippen MR) is 100 cm³/mol. The van der Waals surface area contributed by atoms with Crippen molar-refractivity contribution in [3.05, 3.63) is 46.7 Å². The molecule has 0 saturated heterocycles.